The Morgan fingerprint density at radius 2 is 1.88 bits per heavy atom. The number of benzene rings is 3. The van der Waals surface area contributed by atoms with E-state index in [-0.39, 0.29) is 28.5 Å². The van der Waals surface area contributed by atoms with Crippen molar-refractivity contribution >= 4 is 66.5 Å². The molecule has 3 aromatic carbocycles. The summed E-state index contributed by atoms with van der Waals surface area (Å²) in [5.74, 6) is -0.0142. The molecule has 12 heteroatoms. The van der Waals surface area contributed by atoms with Gasteiger partial charge >= 0.3 is 0 Å². The Hall–Kier alpha value is -3.93. The molecule has 0 radical (unpaired) electrons. The van der Waals surface area contributed by atoms with Crippen molar-refractivity contribution in [3.8, 4) is 0 Å². The molecule has 1 unspecified atom stereocenters. The molecule has 2 aromatic heterocycles. The molecule has 0 saturated carbocycles. The van der Waals surface area contributed by atoms with Crippen LogP contribution in [0.25, 0.3) is 10.9 Å². The largest absolute Gasteiger partial charge is 0.369 e. The van der Waals surface area contributed by atoms with Gasteiger partial charge in [-0.2, -0.15) is 4.37 Å². The zero-order chi connectivity index (χ0) is 27.7. The predicted octanol–water partition coefficient (Wildman–Crippen LogP) is 5.26. The van der Waals surface area contributed by atoms with Gasteiger partial charge in [0, 0.05) is 52.7 Å². The molecule has 40 heavy (non-hydrogen) atoms. The van der Waals surface area contributed by atoms with E-state index in [4.69, 9.17) is 11.6 Å². The molecule has 1 aliphatic heterocycles. The predicted molar refractivity (Wildman–Crippen MR) is 159 cm³/mol. The molecule has 9 nitrogen and oxygen atoms in total. The maximum absolute atomic E-state index is 13.8. The van der Waals surface area contributed by atoms with Crippen LogP contribution in [-0.2, 0) is 21.4 Å². The molecule has 0 aliphatic carbocycles. The summed E-state index contributed by atoms with van der Waals surface area (Å²) in [6.07, 6.45) is 3.99. The van der Waals surface area contributed by atoms with Crippen LogP contribution in [0.1, 0.15) is 6.42 Å². The van der Waals surface area contributed by atoms with Gasteiger partial charge in [0.2, 0.25) is 11.0 Å². The van der Waals surface area contributed by atoms with Crippen LogP contribution >= 0.6 is 23.1 Å². The average molecular weight is 593 g/mol. The van der Waals surface area contributed by atoms with Crippen molar-refractivity contribution < 1.29 is 13.2 Å². The molecule has 1 amide bonds. The van der Waals surface area contributed by atoms with E-state index in [2.05, 4.69) is 19.0 Å². The number of nitrogens with one attached hydrogen (secondary N) is 1. The Morgan fingerprint density at radius 1 is 1.07 bits per heavy atom. The number of halogens is 1. The van der Waals surface area contributed by atoms with E-state index in [1.54, 1.807) is 24.3 Å². The molecule has 204 valence electrons. The molecule has 5 aromatic rings. The lowest BCUT2D eigenvalue weighted by molar-refractivity contribution is -0.119. The minimum atomic E-state index is -3.76. The van der Waals surface area contributed by atoms with Crippen LogP contribution in [0.5, 0.6) is 0 Å². The molecule has 1 aliphatic rings. The number of fused-ring (bicyclic) bond motifs is 1. The third kappa shape index (κ3) is 5.40. The van der Waals surface area contributed by atoms with Gasteiger partial charge in [0.25, 0.3) is 10.0 Å². The SMILES string of the molecule is O=C(Cn1ccc2ccc(Cl)cc21)N(c1ccccc1)C1CCN(c2ccc(S(=O)(=O)Nc3ncns3)cc2)C1. The lowest BCUT2D eigenvalue weighted by Crippen LogP contribution is -2.43. The number of hydrogen-bond donors (Lipinski definition) is 1. The summed E-state index contributed by atoms with van der Waals surface area (Å²) in [7, 11) is -3.76. The van der Waals surface area contributed by atoms with E-state index in [1.165, 1.54) is 6.33 Å². The number of sulfonamides is 1. The highest BCUT2D eigenvalue weighted by Gasteiger charge is 2.32. The molecule has 6 rings (SSSR count). The summed E-state index contributed by atoms with van der Waals surface area (Å²) < 4.78 is 33.6. The highest BCUT2D eigenvalue weighted by atomic mass is 35.5. The van der Waals surface area contributed by atoms with Gasteiger partial charge in [-0.05, 0) is 66.4 Å². The minimum absolute atomic E-state index is 0.0142. The highest BCUT2D eigenvalue weighted by molar-refractivity contribution is 7.93. The standard InChI is InChI=1S/C28H25ClN6O3S2/c29-21-7-6-20-12-14-34(26(20)16-21)18-27(36)35(23-4-2-1-3-5-23)24-13-15-33(17-24)22-8-10-25(11-9-22)40(37,38)32-28-30-19-31-39-28/h1-12,14,16,19,24H,13,15,17-18H2,(H,30,31,32). The van der Waals surface area contributed by atoms with Gasteiger partial charge in [-0.3, -0.25) is 9.52 Å². The fraction of sp³-hybridized carbons (Fsp3) is 0.179. The first-order chi connectivity index (χ1) is 19.4. The number of hydrogen-bond acceptors (Lipinski definition) is 7. The lowest BCUT2D eigenvalue weighted by Gasteiger charge is -2.30. The topological polar surface area (TPSA) is 100 Å². The Kier molecular flexibility index (Phi) is 7.18. The molecule has 0 spiro atoms. The molecule has 1 atom stereocenters. The van der Waals surface area contributed by atoms with Crippen molar-refractivity contribution in [2.24, 2.45) is 0 Å². The zero-order valence-corrected chi connectivity index (χ0v) is 23.6. The Morgan fingerprint density at radius 3 is 2.62 bits per heavy atom. The van der Waals surface area contributed by atoms with Crippen LogP contribution in [0, 0.1) is 0 Å². The van der Waals surface area contributed by atoms with Crippen molar-refractivity contribution in [1.82, 2.24) is 13.9 Å². The molecule has 1 N–H and O–H groups in total. The molecular weight excluding hydrogens is 568 g/mol. The number of rotatable bonds is 8. The summed E-state index contributed by atoms with van der Waals surface area (Å²) in [6.45, 7) is 1.54. The van der Waals surface area contributed by atoms with Crippen LogP contribution < -0.4 is 14.5 Å². The van der Waals surface area contributed by atoms with Crippen molar-refractivity contribution in [2.45, 2.75) is 23.9 Å². The van der Waals surface area contributed by atoms with Crippen LogP contribution in [0.2, 0.25) is 5.02 Å². The Labute approximate surface area is 240 Å². The molecule has 1 saturated heterocycles. The number of anilines is 3. The minimum Gasteiger partial charge on any atom is -0.369 e. The van der Waals surface area contributed by atoms with Gasteiger partial charge in [0.05, 0.1) is 10.9 Å². The van der Waals surface area contributed by atoms with E-state index in [0.717, 1.165) is 46.8 Å². The summed E-state index contributed by atoms with van der Waals surface area (Å²) in [5.41, 5.74) is 2.65. The molecule has 0 bridgehead atoms. The summed E-state index contributed by atoms with van der Waals surface area (Å²) in [4.78, 5) is 21.9. The maximum Gasteiger partial charge on any atom is 0.263 e. The van der Waals surface area contributed by atoms with E-state index >= 15 is 0 Å². The third-order valence-electron chi connectivity index (χ3n) is 6.97. The smallest absolute Gasteiger partial charge is 0.263 e. The third-order valence-corrected chi connectivity index (χ3v) is 9.27. The van der Waals surface area contributed by atoms with Gasteiger partial charge in [0.1, 0.15) is 12.9 Å². The summed E-state index contributed by atoms with van der Waals surface area (Å²) >= 11 is 7.20. The van der Waals surface area contributed by atoms with Crippen LogP contribution in [0.3, 0.4) is 0 Å². The first-order valence-corrected chi connectivity index (χ1v) is 15.3. The Bertz CT molecular complexity index is 1740. The number of para-hydroxylation sites is 1. The monoisotopic (exact) mass is 592 g/mol. The van der Waals surface area contributed by atoms with Crippen molar-refractivity contribution in [3.05, 3.63) is 96.4 Å². The van der Waals surface area contributed by atoms with Gasteiger partial charge in [0.15, 0.2) is 0 Å². The average Bonchev–Trinajstić information content (AvgIpc) is 3.72. The number of nitrogens with zero attached hydrogens (tertiary/aromatic N) is 5. The van der Waals surface area contributed by atoms with Gasteiger partial charge < -0.3 is 14.4 Å². The van der Waals surface area contributed by atoms with E-state index in [0.29, 0.717) is 11.6 Å². The van der Waals surface area contributed by atoms with Crippen molar-refractivity contribution in [1.29, 1.82) is 0 Å². The quantitative estimate of drug-likeness (QED) is 0.264. The van der Waals surface area contributed by atoms with Gasteiger partial charge in [-0.1, -0.05) is 35.9 Å². The summed E-state index contributed by atoms with van der Waals surface area (Å²) in [5, 5.41) is 1.87. The van der Waals surface area contributed by atoms with E-state index in [1.807, 2.05) is 70.3 Å². The number of carbonyl (C=O) groups excluding carboxylic acids is 1. The van der Waals surface area contributed by atoms with Gasteiger partial charge in [-0.25, -0.2) is 13.4 Å². The lowest BCUT2D eigenvalue weighted by atomic mass is 10.1. The van der Waals surface area contributed by atoms with Crippen LogP contribution in [0.15, 0.2) is 96.3 Å². The second-order valence-corrected chi connectivity index (χ2v) is 12.4. The van der Waals surface area contributed by atoms with Crippen LogP contribution in [0.4, 0.5) is 16.5 Å². The highest BCUT2D eigenvalue weighted by Crippen LogP contribution is 2.29. The van der Waals surface area contributed by atoms with Crippen molar-refractivity contribution in [2.75, 3.05) is 27.6 Å². The second-order valence-electron chi connectivity index (χ2n) is 9.48. The fourth-order valence-corrected chi connectivity index (χ4v) is 6.91. The van der Waals surface area contributed by atoms with E-state index < -0.39 is 10.0 Å². The van der Waals surface area contributed by atoms with Crippen molar-refractivity contribution in [3.63, 3.8) is 0 Å². The number of aromatic nitrogens is 3. The molecule has 1 fully saturated rings. The maximum atomic E-state index is 13.8. The normalized spacial score (nSPS) is 15.4. The second kappa shape index (κ2) is 10.9. The fourth-order valence-electron chi connectivity index (χ4n) is 5.08. The molecule has 3 heterocycles. The number of carbonyl (C=O) groups is 1. The number of amides is 1. The summed E-state index contributed by atoms with van der Waals surface area (Å²) in [6, 6.07) is 24.0. The Balaban J connectivity index is 1.20. The zero-order valence-electron chi connectivity index (χ0n) is 21.2. The first kappa shape index (κ1) is 26.3. The van der Waals surface area contributed by atoms with Crippen LogP contribution in [-0.4, -0.2) is 47.4 Å². The van der Waals surface area contributed by atoms with E-state index in [9.17, 15) is 13.2 Å². The molecular formula is C28H25ClN6O3S2. The van der Waals surface area contributed by atoms with Gasteiger partial charge in [-0.15, -0.1) is 0 Å². The first-order valence-electron chi connectivity index (χ1n) is 12.6.